The first-order valence-corrected chi connectivity index (χ1v) is 11.7. The molecular weight excluding hydrogens is 457 g/mol. The molecule has 2 N–H and O–H groups in total. The molecule has 0 spiro atoms. The van der Waals surface area contributed by atoms with E-state index in [1.54, 1.807) is 38.1 Å². The molecule has 0 amide bonds. The standard InChI is InChI=1S/C23H23ClFNO5S/c1-23(2,32(3)31)19(12-27)26-11-16(22(29)30)21(28)15-10-13(7-8-18(15)26)9-14-5-4-6-17(24)20(14)25/h4-8,10-11,19,27H,9,12H2,1-3H3,(H,29,30). The highest BCUT2D eigenvalue weighted by molar-refractivity contribution is 7.85. The highest BCUT2D eigenvalue weighted by Gasteiger charge is 2.35. The van der Waals surface area contributed by atoms with Gasteiger partial charge >= 0.3 is 5.97 Å². The summed E-state index contributed by atoms with van der Waals surface area (Å²) in [5.74, 6) is -1.97. The van der Waals surface area contributed by atoms with E-state index in [0.717, 1.165) is 0 Å². The van der Waals surface area contributed by atoms with Gasteiger partial charge in [0.2, 0.25) is 5.43 Å². The zero-order valence-corrected chi connectivity index (χ0v) is 19.3. The van der Waals surface area contributed by atoms with Gasteiger partial charge in [0.15, 0.2) is 0 Å². The minimum atomic E-state index is -1.41. The van der Waals surface area contributed by atoms with Crippen LogP contribution in [0.5, 0.6) is 0 Å². The summed E-state index contributed by atoms with van der Waals surface area (Å²) in [7, 11) is -1.37. The molecule has 3 rings (SSSR count). The molecule has 32 heavy (non-hydrogen) atoms. The number of hydrogen-bond acceptors (Lipinski definition) is 4. The Bertz CT molecular complexity index is 1290. The number of aromatic nitrogens is 1. The van der Waals surface area contributed by atoms with Crippen molar-refractivity contribution >= 4 is 39.3 Å². The molecule has 0 bridgehead atoms. The van der Waals surface area contributed by atoms with Crippen LogP contribution in [0.4, 0.5) is 4.39 Å². The monoisotopic (exact) mass is 479 g/mol. The fraction of sp³-hybridized carbons (Fsp3) is 0.304. The first kappa shape index (κ1) is 24.1. The molecule has 1 heterocycles. The highest BCUT2D eigenvalue weighted by Crippen LogP contribution is 2.31. The lowest BCUT2D eigenvalue weighted by Crippen LogP contribution is -2.40. The van der Waals surface area contributed by atoms with Gasteiger partial charge < -0.3 is 14.8 Å². The molecule has 0 radical (unpaired) electrons. The van der Waals surface area contributed by atoms with Crippen LogP contribution >= 0.6 is 11.6 Å². The summed E-state index contributed by atoms with van der Waals surface area (Å²) >= 11 is 5.85. The number of carboxylic acids is 1. The van der Waals surface area contributed by atoms with Gasteiger partial charge in [0.05, 0.1) is 27.9 Å². The van der Waals surface area contributed by atoms with Crippen molar-refractivity contribution in [3.8, 4) is 0 Å². The van der Waals surface area contributed by atoms with Crippen LogP contribution in [0.3, 0.4) is 0 Å². The molecule has 2 atom stereocenters. The van der Waals surface area contributed by atoms with Crippen LogP contribution < -0.4 is 5.43 Å². The molecule has 0 aliphatic rings. The van der Waals surface area contributed by atoms with Crippen molar-refractivity contribution in [1.82, 2.24) is 4.57 Å². The van der Waals surface area contributed by atoms with E-state index in [9.17, 15) is 28.4 Å². The summed E-state index contributed by atoms with van der Waals surface area (Å²) in [5.41, 5.74) is 0.142. The molecule has 1 aromatic heterocycles. The summed E-state index contributed by atoms with van der Waals surface area (Å²) < 4.78 is 27.3. The zero-order chi connectivity index (χ0) is 23.8. The number of carbonyl (C=O) groups is 1. The van der Waals surface area contributed by atoms with Crippen molar-refractivity contribution in [2.45, 2.75) is 31.1 Å². The summed E-state index contributed by atoms with van der Waals surface area (Å²) in [6.07, 6.45) is 2.83. The number of fused-ring (bicyclic) bond motifs is 1. The first-order chi connectivity index (χ1) is 15.0. The van der Waals surface area contributed by atoms with Crippen molar-refractivity contribution in [3.05, 3.63) is 80.3 Å². The number of hydrogen-bond donors (Lipinski definition) is 2. The number of benzene rings is 2. The Balaban J connectivity index is 2.25. The van der Waals surface area contributed by atoms with Gasteiger partial charge in [-0.25, -0.2) is 9.18 Å². The average Bonchev–Trinajstić information content (AvgIpc) is 2.73. The number of pyridine rings is 1. The number of aliphatic hydroxyl groups excluding tert-OH is 1. The number of rotatable bonds is 7. The van der Waals surface area contributed by atoms with Gasteiger partial charge in [0.25, 0.3) is 0 Å². The summed E-state index contributed by atoms with van der Waals surface area (Å²) in [6.45, 7) is 2.98. The second kappa shape index (κ2) is 9.13. The Morgan fingerprint density at radius 3 is 2.56 bits per heavy atom. The van der Waals surface area contributed by atoms with Gasteiger partial charge in [-0.2, -0.15) is 0 Å². The molecule has 0 aliphatic carbocycles. The lowest BCUT2D eigenvalue weighted by molar-refractivity contribution is 0.0694. The Morgan fingerprint density at radius 1 is 1.28 bits per heavy atom. The maximum atomic E-state index is 14.3. The second-order valence-electron chi connectivity index (χ2n) is 8.08. The van der Waals surface area contributed by atoms with Crippen LogP contribution in [0.25, 0.3) is 10.9 Å². The second-order valence-corrected chi connectivity index (χ2v) is 10.4. The largest absolute Gasteiger partial charge is 0.477 e. The molecular formula is C23H23ClFNO5S. The van der Waals surface area contributed by atoms with Gasteiger partial charge in [-0.15, -0.1) is 0 Å². The number of halogens is 2. The smallest absolute Gasteiger partial charge is 0.341 e. The molecule has 0 aliphatic heterocycles. The van der Waals surface area contributed by atoms with E-state index in [2.05, 4.69) is 0 Å². The summed E-state index contributed by atoms with van der Waals surface area (Å²) in [4.78, 5) is 24.7. The molecule has 0 fully saturated rings. The van der Waals surface area contributed by atoms with Gasteiger partial charge in [-0.1, -0.05) is 29.8 Å². The number of aromatic carboxylic acids is 1. The zero-order valence-electron chi connectivity index (χ0n) is 17.8. The van der Waals surface area contributed by atoms with Crippen molar-refractivity contribution in [2.75, 3.05) is 12.9 Å². The fourth-order valence-corrected chi connectivity index (χ4v) is 4.43. The molecule has 6 nitrogen and oxygen atoms in total. The van der Waals surface area contributed by atoms with Crippen molar-refractivity contribution in [1.29, 1.82) is 0 Å². The van der Waals surface area contributed by atoms with Crippen LogP contribution in [-0.2, 0) is 17.2 Å². The van der Waals surface area contributed by atoms with Crippen LogP contribution in [0, 0.1) is 5.82 Å². The fourth-order valence-electron chi connectivity index (χ4n) is 3.66. The van der Waals surface area contributed by atoms with Crippen LogP contribution in [0.1, 0.15) is 41.4 Å². The normalized spacial score (nSPS) is 13.8. The first-order valence-electron chi connectivity index (χ1n) is 9.77. The van der Waals surface area contributed by atoms with E-state index >= 15 is 0 Å². The molecule has 9 heteroatoms. The lowest BCUT2D eigenvalue weighted by atomic mass is 9.99. The summed E-state index contributed by atoms with van der Waals surface area (Å²) in [5, 5.41) is 19.8. The predicted molar refractivity (Wildman–Crippen MR) is 124 cm³/mol. The van der Waals surface area contributed by atoms with Crippen molar-refractivity contribution in [3.63, 3.8) is 0 Å². The third-order valence-corrected chi connectivity index (χ3v) is 7.85. The molecule has 3 aromatic rings. The maximum Gasteiger partial charge on any atom is 0.341 e. The SMILES string of the molecule is CS(=O)C(C)(C)C(CO)n1cc(C(=O)O)c(=O)c2cc(Cc3cccc(Cl)c3F)ccc21. The molecule has 2 unspecified atom stereocenters. The van der Waals surface area contributed by atoms with E-state index in [1.807, 2.05) is 0 Å². The van der Waals surface area contributed by atoms with Gasteiger partial charge in [-0.3, -0.25) is 9.00 Å². The Kier molecular flexibility index (Phi) is 6.88. The topological polar surface area (TPSA) is 96.6 Å². The minimum Gasteiger partial charge on any atom is -0.477 e. The maximum absolute atomic E-state index is 14.3. The van der Waals surface area contributed by atoms with Gasteiger partial charge in [-0.05, 0) is 43.2 Å². The quantitative estimate of drug-likeness (QED) is 0.537. The Hall–Kier alpha value is -2.55. The average molecular weight is 480 g/mol. The van der Waals surface area contributed by atoms with Gasteiger partial charge in [0, 0.05) is 35.1 Å². The minimum absolute atomic E-state index is 0.0145. The van der Waals surface area contributed by atoms with Crippen molar-refractivity contribution < 1.29 is 23.6 Å². The van der Waals surface area contributed by atoms with E-state index in [-0.39, 0.29) is 16.8 Å². The van der Waals surface area contributed by atoms with E-state index in [4.69, 9.17) is 11.6 Å². The van der Waals surface area contributed by atoms with E-state index in [0.29, 0.717) is 16.6 Å². The van der Waals surface area contributed by atoms with Crippen molar-refractivity contribution in [2.24, 2.45) is 0 Å². The van der Waals surface area contributed by atoms with E-state index < -0.39 is 51.0 Å². The van der Waals surface area contributed by atoms with Gasteiger partial charge in [0.1, 0.15) is 11.4 Å². The number of aliphatic hydroxyl groups is 1. The number of nitrogens with zero attached hydrogens (tertiary/aromatic N) is 1. The predicted octanol–water partition coefficient (Wildman–Crippen LogP) is 3.77. The van der Waals surface area contributed by atoms with Crippen LogP contribution in [0.15, 0.2) is 47.4 Å². The lowest BCUT2D eigenvalue weighted by Gasteiger charge is -2.34. The third kappa shape index (κ3) is 4.35. The third-order valence-electron chi connectivity index (χ3n) is 5.81. The van der Waals surface area contributed by atoms with Crippen LogP contribution in [-0.4, -0.2) is 42.6 Å². The van der Waals surface area contributed by atoms with Crippen LogP contribution in [0.2, 0.25) is 5.02 Å². The Labute approximate surface area is 191 Å². The van der Waals surface area contributed by atoms with E-state index in [1.165, 1.54) is 29.2 Å². The summed E-state index contributed by atoms with van der Waals surface area (Å²) in [6, 6.07) is 8.72. The molecule has 2 aromatic carbocycles. The molecule has 0 saturated carbocycles. The molecule has 170 valence electrons. The molecule has 0 saturated heterocycles. The number of carboxylic acid groups (broad SMARTS) is 1. The Morgan fingerprint density at radius 2 is 1.97 bits per heavy atom. The highest BCUT2D eigenvalue weighted by atomic mass is 35.5.